The fourth-order valence-electron chi connectivity index (χ4n) is 3.19. The minimum absolute atomic E-state index is 0.0721. The molecular formula is C27H19NO3. The summed E-state index contributed by atoms with van der Waals surface area (Å²) in [7, 11) is 0. The lowest BCUT2D eigenvalue weighted by Crippen LogP contribution is -2.12. The van der Waals surface area contributed by atoms with Gasteiger partial charge >= 0.3 is 0 Å². The summed E-state index contributed by atoms with van der Waals surface area (Å²) in [6.07, 6.45) is 0. The van der Waals surface area contributed by atoms with Gasteiger partial charge in [0.2, 0.25) is 0 Å². The zero-order valence-corrected chi connectivity index (χ0v) is 16.6. The second kappa shape index (κ2) is 9.01. The van der Waals surface area contributed by atoms with Crippen LogP contribution in [0, 0.1) is 0 Å². The van der Waals surface area contributed by atoms with Crippen molar-refractivity contribution in [2.75, 3.05) is 5.32 Å². The standard InChI is InChI=1S/C27H19NO3/c29-25(19-7-3-1-4-8-19)21-11-13-23(14-12-21)27(31)28-24-17-15-22(16-18-24)26(30)20-9-5-2-6-10-20/h1-18H,(H,28,31). The highest BCUT2D eigenvalue weighted by Gasteiger charge is 2.12. The van der Waals surface area contributed by atoms with Crippen molar-refractivity contribution in [1.29, 1.82) is 0 Å². The van der Waals surface area contributed by atoms with Crippen molar-refractivity contribution >= 4 is 23.2 Å². The van der Waals surface area contributed by atoms with Gasteiger partial charge in [-0.2, -0.15) is 0 Å². The van der Waals surface area contributed by atoms with E-state index in [1.807, 2.05) is 36.4 Å². The molecule has 0 heterocycles. The lowest BCUT2D eigenvalue weighted by Gasteiger charge is -2.07. The Hall–Kier alpha value is -4.31. The maximum Gasteiger partial charge on any atom is 0.255 e. The predicted octanol–water partition coefficient (Wildman–Crippen LogP) is 5.40. The third-order valence-electron chi connectivity index (χ3n) is 4.89. The van der Waals surface area contributed by atoms with Gasteiger partial charge in [-0.3, -0.25) is 14.4 Å². The molecule has 0 aromatic heterocycles. The molecule has 0 unspecified atom stereocenters. The van der Waals surface area contributed by atoms with Crippen molar-refractivity contribution < 1.29 is 14.4 Å². The fourth-order valence-corrected chi connectivity index (χ4v) is 3.19. The van der Waals surface area contributed by atoms with Crippen LogP contribution in [-0.4, -0.2) is 17.5 Å². The molecule has 4 rings (SSSR count). The van der Waals surface area contributed by atoms with Gasteiger partial charge in [0.15, 0.2) is 11.6 Å². The minimum atomic E-state index is -0.291. The first-order chi connectivity index (χ1) is 15.1. The molecule has 0 atom stereocenters. The maximum absolute atomic E-state index is 12.5. The highest BCUT2D eigenvalue weighted by atomic mass is 16.1. The van der Waals surface area contributed by atoms with Gasteiger partial charge in [0.05, 0.1) is 0 Å². The van der Waals surface area contributed by atoms with E-state index in [0.29, 0.717) is 33.5 Å². The van der Waals surface area contributed by atoms with E-state index in [1.165, 1.54) is 0 Å². The van der Waals surface area contributed by atoms with Crippen molar-refractivity contribution in [2.45, 2.75) is 0 Å². The van der Waals surface area contributed by atoms with E-state index in [0.717, 1.165) is 0 Å². The second-order valence-corrected chi connectivity index (χ2v) is 7.00. The van der Waals surface area contributed by atoms with Crippen LogP contribution in [0.15, 0.2) is 109 Å². The largest absolute Gasteiger partial charge is 0.322 e. The lowest BCUT2D eigenvalue weighted by molar-refractivity contribution is 0.102. The number of anilines is 1. The van der Waals surface area contributed by atoms with Crippen LogP contribution in [0.3, 0.4) is 0 Å². The molecule has 0 spiro atoms. The number of benzene rings is 4. The molecule has 4 heteroatoms. The van der Waals surface area contributed by atoms with E-state index in [-0.39, 0.29) is 17.5 Å². The summed E-state index contributed by atoms with van der Waals surface area (Å²) in [5, 5.41) is 2.81. The van der Waals surface area contributed by atoms with E-state index in [2.05, 4.69) is 5.32 Å². The average molecular weight is 405 g/mol. The molecule has 0 aliphatic carbocycles. The first-order valence-electron chi connectivity index (χ1n) is 9.83. The summed E-state index contributed by atoms with van der Waals surface area (Å²) in [4.78, 5) is 37.5. The third kappa shape index (κ3) is 4.65. The van der Waals surface area contributed by atoms with Gasteiger partial charge in [-0.15, -0.1) is 0 Å². The molecule has 0 fully saturated rings. The van der Waals surface area contributed by atoms with E-state index in [9.17, 15) is 14.4 Å². The van der Waals surface area contributed by atoms with Crippen LogP contribution in [0.1, 0.15) is 42.2 Å². The molecule has 31 heavy (non-hydrogen) atoms. The van der Waals surface area contributed by atoms with E-state index in [4.69, 9.17) is 0 Å². The molecule has 0 saturated carbocycles. The van der Waals surface area contributed by atoms with Gasteiger partial charge in [0.1, 0.15) is 0 Å². The summed E-state index contributed by atoms with van der Waals surface area (Å²) in [5.74, 6) is -0.454. The number of nitrogens with one attached hydrogen (secondary N) is 1. The molecule has 4 aromatic rings. The lowest BCUT2D eigenvalue weighted by atomic mass is 10.0. The van der Waals surface area contributed by atoms with E-state index >= 15 is 0 Å². The highest BCUT2D eigenvalue weighted by Crippen LogP contribution is 2.16. The van der Waals surface area contributed by atoms with Crippen molar-refractivity contribution in [3.8, 4) is 0 Å². The van der Waals surface area contributed by atoms with Gasteiger partial charge in [-0.05, 0) is 36.4 Å². The predicted molar refractivity (Wildman–Crippen MR) is 121 cm³/mol. The Kier molecular flexibility index (Phi) is 5.81. The smallest absolute Gasteiger partial charge is 0.255 e. The Morgan fingerprint density at radius 3 is 1.23 bits per heavy atom. The average Bonchev–Trinajstić information content (AvgIpc) is 2.85. The summed E-state index contributed by atoms with van der Waals surface area (Å²) in [6, 6.07) is 31.3. The van der Waals surface area contributed by atoms with Crippen molar-refractivity contribution in [3.05, 3.63) is 137 Å². The van der Waals surface area contributed by atoms with Gasteiger partial charge < -0.3 is 5.32 Å². The second-order valence-electron chi connectivity index (χ2n) is 7.00. The Balaban J connectivity index is 1.42. The topological polar surface area (TPSA) is 63.2 Å². The van der Waals surface area contributed by atoms with Crippen LogP contribution in [0.4, 0.5) is 5.69 Å². The normalized spacial score (nSPS) is 10.3. The number of ketones is 2. The monoisotopic (exact) mass is 405 g/mol. The fraction of sp³-hybridized carbons (Fsp3) is 0. The quantitative estimate of drug-likeness (QED) is 0.437. The zero-order valence-electron chi connectivity index (χ0n) is 16.6. The van der Waals surface area contributed by atoms with E-state index < -0.39 is 0 Å². The number of amides is 1. The molecule has 0 saturated heterocycles. The van der Waals surface area contributed by atoms with E-state index in [1.54, 1.807) is 72.8 Å². The molecule has 4 nitrogen and oxygen atoms in total. The van der Waals surface area contributed by atoms with Gasteiger partial charge in [0, 0.05) is 33.5 Å². The molecule has 1 amide bonds. The summed E-state index contributed by atoms with van der Waals surface area (Å²) < 4.78 is 0. The molecule has 0 radical (unpaired) electrons. The Labute approximate surface area is 180 Å². The van der Waals surface area contributed by atoms with Gasteiger partial charge in [-0.1, -0.05) is 72.8 Å². The van der Waals surface area contributed by atoms with Gasteiger partial charge in [-0.25, -0.2) is 0 Å². The molecular weight excluding hydrogens is 386 g/mol. The first-order valence-corrected chi connectivity index (χ1v) is 9.83. The highest BCUT2D eigenvalue weighted by molar-refractivity contribution is 6.11. The molecule has 150 valence electrons. The Morgan fingerprint density at radius 1 is 0.419 bits per heavy atom. The molecule has 1 N–H and O–H groups in total. The zero-order chi connectivity index (χ0) is 21.6. The third-order valence-corrected chi connectivity index (χ3v) is 4.89. The molecule has 0 aliphatic rings. The van der Waals surface area contributed by atoms with Crippen LogP contribution in [0.2, 0.25) is 0 Å². The van der Waals surface area contributed by atoms with Crippen LogP contribution in [-0.2, 0) is 0 Å². The Morgan fingerprint density at radius 2 is 0.774 bits per heavy atom. The molecule has 0 aliphatic heterocycles. The number of hydrogen-bond acceptors (Lipinski definition) is 3. The van der Waals surface area contributed by atoms with Crippen molar-refractivity contribution in [2.24, 2.45) is 0 Å². The van der Waals surface area contributed by atoms with Crippen molar-refractivity contribution in [1.82, 2.24) is 0 Å². The number of carbonyl (C=O) groups excluding carboxylic acids is 3. The molecule has 4 aromatic carbocycles. The van der Waals surface area contributed by atoms with Crippen LogP contribution >= 0.6 is 0 Å². The van der Waals surface area contributed by atoms with Crippen LogP contribution in [0.25, 0.3) is 0 Å². The number of carbonyl (C=O) groups is 3. The maximum atomic E-state index is 12.5. The Bertz CT molecular complexity index is 1210. The first kappa shape index (κ1) is 20.0. The SMILES string of the molecule is O=C(Nc1ccc(C(=O)c2ccccc2)cc1)c1ccc(C(=O)c2ccccc2)cc1. The molecule has 0 bridgehead atoms. The van der Waals surface area contributed by atoms with Crippen LogP contribution < -0.4 is 5.32 Å². The summed E-state index contributed by atoms with van der Waals surface area (Å²) >= 11 is 0. The van der Waals surface area contributed by atoms with Gasteiger partial charge in [0.25, 0.3) is 5.91 Å². The minimum Gasteiger partial charge on any atom is -0.322 e. The number of rotatable bonds is 6. The number of hydrogen-bond donors (Lipinski definition) is 1. The summed E-state index contributed by atoms with van der Waals surface area (Å²) in [6.45, 7) is 0. The summed E-state index contributed by atoms with van der Waals surface area (Å²) in [5.41, 5.74) is 3.31. The van der Waals surface area contributed by atoms with Crippen LogP contribution in [0.5, 0.6) is 0 Å². The van der Waals surface area contributed by atoms with Crippen molar-refractivity contribution in [3.63, 3.8) is 0 Å².